The third-order valence-electron chi connectivity index (χ3n) is 3.19. The maximum Gasteiger partial charge on any atom is 0.267 e. The number of nitrogens with zero attached hydrogens (tertiary/aromatic N) is 1. The Labute approximate surface area is 122 Å². The van der Waals surface area contributed by atoms with Crippen molar-refractivity contribution >= 4 is 17.5 Å². The predicted molar refractivity (Wildman–Crippen MR) is 78.5 cm³/mol. The van der Waals surface area contributed by atoms with Crippen molar-refractivity contribution in [1.82, 2.24) is 9.99 Å². The van der Waals surface area contributed by atoms with Crippen LogP contribution in [0.4, 0.5) is 0 Å². The van der Waals surface area contributed by atoms with Crippen molar-refractivity contribution in [2.75, 3.05) is 7.11 Å². The molecule has 1 amide bonds. The Bertz CT molecular complexity index is 665. The van der Waals surface area contributed by atoms with Gasteiger partial charge in [0.15, 0.2) is 0 Å². The minimum absolute atomic E-state index is 0.328. The highest BCUT2D eigenvalue weighted by Gasteiger charge is 2.18. The lowest BCUT2D eigenvalue weighted by Crippen LogP contribution is -2.30. The number of hydrogen-bond acceptors (Lipinski definition) is 3. The van der Waals surface area contributed by atoms with Crippen molar-refractivity contribution in [3.8, 4) is 11.4 Å². The van der Waals surface area contributed by atoms with Crippen LogP contribution in [0.5, 0.6) is 5.75 Å². The highest BCUT2D eigenvalue weighted by atomic mass is 35.5. The molecule has 106 valence electrons. The highest BCUT2D eigenvalue weighted by molar-refractivity contribution is 6.30. The van der Waals surface area contributed by atoms with Gasteiger partial charge in [0.1, 0.15) is 5.75 Å². The van der Waals surface area contributed by atoms with E-state index in [2.05, 4.69) is 5.43 Å². The van der Waals surface area contributed by atoms with Crippen LogP contribution < -0.4 is 16.0 Å². The van der Waals surface area contributed by atoms with E-state index in [4.69, 9.17) is 22.2 Å². The van der Waals surface area contributed by atoms with Crippen LogP contribution in [0.1, 0.15) is 21.7 Å². The van der Waals surface area contributed by atoms with Gasteiger partial charge >= 0.3 is 0 Å². The van der Waals surface area contributed by atoms with E-state index in [9.17, 15) is 4.79 Å². The normalized spacial score (nSPS) is 10.4. The second-order valence-electron chi connectivity index (χ2n) is 4.41. The number of hydrogen-bond donors (Lipinski definition) is 2. The number of hydrazine groups is 1. The second kappa shape index (κ2) is 5.56. The lowest BCUT2D eigenvalue weighted by molar-refractivity contribution is 0.0953. The van der Waals surface area contributed by atoms with Crippen molar-refractivity contribution < 1.29 is 9.53 Å². The standard InChI is InChI=1S/C14H16ClN3O2/c1-8-6-11(14(19)17-16)9(2)18(8)12-7-10(15)4-5-13(12)20-3/h4-7H,16H2,1-3H3,(H,17,19). The highest BCUT2D eigenvalue weighted by Crippen LogP contribution is 2.30. The van der Waals surface area contributed by atoms with Gasteiger partial charge < -0.3 is 9.30 Å². The molecule has 1 aromatic carbocycles. The summed E-state index contributed by atoms with van der Waals surface area (Å²) in [4.78, 5) is 11.7. The summed E-state index contributed by atoms with van der Waals surface area (Å²) in [6, 6.07) is 7.12. The number of methoxy groups -OCH3 is 1. The van der Waals surface area contributed by atoms with E-state index in [1.807, 2.05) is 18.4 Å². The van der Waals surface area contributed by atoms with Crippen LogP contribution in [0.15, 0.2) is 24.3 Å². The number of benzene rings is 1. The monoisotopic (exact) mass is 293 g/mol. The lowest BCUT2D eigenvalue weighted by atomic mass is 10.2. The van der Waals surface area contributed by atoms with Crippen LogP contribution in [0.25, 0.3) is 5.69 Å². The SMILES string of the molecule is COc1ccc(Cl)cc1-n1c(C)cc(C(=O)NN)c1C. The van der Waals surface area contributed by atoms with Crippen LogP contribution in [0.3, 0.4) is 0 Å². The maximum absolute atomic E-state index is 11.7. The number of carbonyl (C=O) groups excluding carboxylic acids is 1. The first kappa shape index (κ1) is 14.4. The van der Waals surface area contributed by atoms with E-state index >= 15 is 0 Å². The van der Waals surface area contributed by atoms with Gasteiger partial charge in [-0.1, -0.05) is 11.6 Å². The van der Waals surface area contributed by atoms with Crippen molar-refractivity contribution in [3.05, 3.63) is 46.2 Å². The average molecular weight is 294 g/mol. The molecular formula is C14H16ClN3O2. The van der Waals surface area contributed by atoms with Gasteiger partial charge in [0.25, 0.3) is 5.91 Å². The Hall–Kier alpha value is -1.98. The van der Waals surface area contributed by atoms with E-state index in [-0.39, 0.29) is 5.91 Å². The van der Waals surface area contributed by atoms with E-state index in [1.165, 1.54) is 0 Å². The van der Waals surface area contributed by atoms with Crippen LogP contribution in [-0.2, 0) is 0 Å². The van der Waals surface area contributed by atoms with Gasteiger partial charge in [-0.2, -0.15) is 0 Å². The number of nitrogens with two attached hydrogens (primary N) is 1. The zero-order chi connectivity index (χ0) is 14.9. The number of aryl methyl sites for hydroxylation is 1. The summed E-state index contributed by atoms with van der Waals surface area (Å²) in [6.45, 7) is 3.75. The first-order chi connectivity index (χ1) is 9.49. The first-order valence-corrected chi connectivity index (χ1v) is 6.41. The Morgan fingerprint density at radius 1 is 1.35 bits per heavy atom. The number of ether oxygens (including phenoxy) is 1. The molecule has 0 aliphatic rings. The molecule has 3 N–H and O–H groups in total. The molecule has 1 aromatic heterocycles. The van der Waals surface area contributed by atoms with Gasteiger partial charge in [-0.05, 0) is 38.1 Å². The molecule has 0 spiro atoms. The fraction of sp³-hybridized carbons (Fsp3) is 0.214. The van der Waals surface area contributed by atoms with Crippen LogP contribution in [0.2, 0.25) is 5.02 Å². The summed E-state index contributed by atoms with van der Waals surface area (Å²) in [5.74, 6) is 5.54. The summed E-state index contributed by atoms with van der Waals surface area (Å²) in [5.41, 5.74) is 5.11. The summed E-state index contributed by atoms with van der Waals surface area (Å²) in [7, 11) is 1.59. The number of aromatic nitrogens is 1. The molecule has 5 nitrogen and oxygen atoms in total. The molecule has 0 saturated carbocycles. The van der Waals surface area contributed by atoms with Crippen molar-refractivity contribution in [2.45, 2.75) is 13.8 Å². The fourth-order valence-electron chi connectivity index (χ4n) is 2.28. The van der Waals surface area contributed by atoms with Gasteiger partial charge in [-0.25, -0.2) is 5.84 Å². The number of amides is 1. The number of carbonyl (C=O) groups is 1. The Balaban J connectivity index is 2.67. The van der Waals surface area contributed by atoms with E-state index < -0.39 is 0 Å². The largest absolute Gasteiger partial charge is 0.495 e. The number of nitrogen functional groups attached to an aromatic ring is 1. The molecule has 0 aliphatic carbocycles. The third kappa shape index (κ3) is 2.37. The Morgan fingerprint density at radius 3 is 2.65 bits per heavy atom. The topological polar surface area (TPSA) is 69.3 Å². The van der Waals surface area contributed by atoms with E-state index in [0.29, 0.717) is 16.3 Å². The van der Waals surface area contributed by atoms with Gasteiger partial charge in [0.2, 0.25) is 0 Å². The average Bonchev–Trinajstić information content (AvgIpc) is 2.73. The molecule has 20 heavy (non-hydrogen) atoms. The molecule has 2 rings (SSSR count). The molecule has 0 bridgehead atoms. The number of rotatable bonds is 3. The fourth-order valence-corrected chi connectivity index (χ4v) is 2.45. The summed E-state index contributed by atoms with van der Waals surface area (Å²) < 4.78 is 7.27. The first-order valence-electron chi connectivity index (χ1n) is 6.03. The summed E-state index contributed by atoms with van der Waals surface area (Å²) >= 11 is 6.06. The van der Waals surface area contributed by atoms with Crippen molar-refractivity contribution in [3.63, 3.8) is 0 Å². The van der Waals surface area contributed by atoms with E-state index in [0.717, 1.165) is 17.1 Å². The smallest absolute Gasteiger partial charge is 0.267 e. The maximum atomic E-state index is 11.7. The second-order valence-corrected chi connectivity index (χ2v) is 4.85. The quantitative estimate of drug-likeness (QED) is 0.518. The van der Waals surface area contributed by atoms with Crippen LogP contribution >= 0.6 is 11.6 Å². The number of nitrogens with one attached hydrogen (secondary N) is 1. The molecule has 0 aliphatic heterocycles. The molecule has 1 heterocycles. The molecule has 2 aromatic rings. The Kier molecular flexibility index (Phi) is 4.01. The minimum atomic E-state index is -0.328. The van der Waals surface area contributed by atoms with Gasteiger partial charge in [-0.3, -0.25) is 10.2 Å². The minimum Gasteiger partial charge on any atom is -0.495 e. The van der Waals surface area contributed by atoms with Crippen molar-refractivity contribution in [2.24, 2.45) is 5.84 Å². The molecule has 6 heteroatoms. The molecule has 0 fully saturated rings. The lowest BCUT2D eigenvalue weighted by Gasteiger charge is -2.14. The summed E-state index contributed by atoms with van der Waals surface area (Å²) in [5, 5.41) is 0.595. The third-order valence-corrected chi connectivity index (χ3v) is 3.42. The molecule has 0 radical (unpaired) electrons. The van der Waals surface area contributed by atoms with Crippen LogP contribution in [-0.4, -0.2) is 17.6 Å². The summed E-state index contributed by atoms with van der Waals surface area (Å²) in [6.07, 6.45) is 0. The zero-order valence-electron chi connectivity index (χ0n) is 11.5. The van der Waals surface area contributed by atoms with Gasteiger partial charge in [-0.15, -0.1) is 0 Å². The van der Waals surface area contributed by atoms with E-state index in [1.54, 1.807) is 31.4 Å². The molecular weight excluding hydrogens is 278 g/mol. The predicted octanol–water partition coefficient (Wildman–Crippen LogP) is 2.36. The molecule has 0 atom stereocenters. The molecule has 0 unspecified atom stereocenters. The zero-order valence-corrected chi connectivity index (χ0v) is 12.3. The van der Waals surface area contributed by atoms with Gasteiger partial charge in [0, 0.05) is 16.4 Å². The molecule has 0 saturated heterocycles. The number of halogens is 1. The van der Waals surface area contributed by atoms with Crippen molar-refractivity contribution in [1.29, 1.82) is 0 Å². The van der Waals surface area contributed by atoms with Gasteiger partial charge in [0.05, 0.1) is 18.4 Å². The van der Waals surface area contributed by atoms with Crippen LogP contribution in [0, 0.1) is 13.8 Å². The Morgan fingerprint density at radius 2 is 2.05 bits per heavy atom.